The maximum Gasteiger partial charge on any atom is 0.244 e. The van der Waals surface area contributed by atoms with Crippen molar-refractivity contribution in [1.82, 2.24) is 4.31 Å². The highest BCUT2D eigenvalue weighted by Gasteiger charge is 2.32. The van der Waals surface area contributed by atoms with Crippen LogP contribution in [0, 0.1) is 5.82 Å². The normalized spacial score (nSPS) is 22.1. The molecule has 1 aromatic rings. The summed E-state index contributed by atoms with van der Waals surface area (Å²) in [6.07, 6.45) is 0. The molecule has 1 unspecified atom stereocenters. The third-order valence-corrected chi connectivity index (χ3v) is 5.79. The number of hydrogen-bond acceptors (Lipinski definition) is 3. The monoisotopic (exact) mass is 337 g/mol. The van der Waals surface area contributed by atoms with Crippen molar-refractivity contribution in [1.29, 1.82) is 0 Å². The Morgan fingerprint density at radius 1 is 1.50 bits per heavy atom. The molecule has 0 aliphatic carbocycles. The van der Waals surface area contributed by atoms with Crippen LogP contribution in [-0.4, -0.2) is 38.5 Å². The summed E-state index contributed by atoms with van der Waals surface area (Å²) in [6.45, 7) is 2.76. The molecule has 1 atom stereocenters. The first-order valence-corrected chi connectivity index (χ1v) is 7.71. The van der Waals surface area contributed by atoms with Crippen molar-refractivity contribution in [2.24, 2.45) is 0 Å². The van der Waals surface area contributed by atoms with Crippen molar-refractivity contribution >= 4 is 26.0 Å². The van der Waals surface area contributed by atoms with Gasteiger partial charge in [-0.1, -0.05) is 0 Å². The number of benzene rings is 1. The van der Waals surface area contributed by atoms with Crippen LogP contribution in [0.25, 0.3) is 0 Å². The van der Waals surface area contributed by atoms with E-state index in [9.17, 15) is 12.8 Å². The molecule has 0 bridgehead atoms. The van der Waals surface area contributed by atoms with E-state index < -0.39 is 15.8 Å². The van der Waals surface area contributed by atoms with E-state index in [1.807, 2.05) is 0 Å². The van der Waals surface area contributed by atoms with Crippen LogP contribution in [-0.2, 0) is 14.8 Å². The lowest BCUT2D eigenvalue weighted by Crippen LogP contribution is -2.47. The standard InChI is InChI=1S/C11H13BrFNO3S/c1-8-7-17-5-4-14(8)18(15,16)11-6-9(13)2-3-10(11)12/h2-3,6,8H,4-5,7H2,1H3. The van der Waals surface area contributed by atoms with E-state index in [1.165, 1.54) is 16.4 Å². The molecule has 0 N–H and O–H groups in total. The minimum absolute atomic E-state index is 0.0451. The Labute approximate surface area is 114 Å². The van der Waals surface area contributed by atoms with Gasteiger partial charge in [-0.2, -0.15) is 4.31 Å². The van der Waals surface area contributed by atoms with Gasteiger partial charge in [0.25, 0.3) is 0 Å². The number of halogens is 2. The number of hydrogen-bond donors (Lipinski definition) is 0. The topological polar surface area (TPSA) is 46.6 Å². The van der Waals surface area contributed by atoms with Crippen molar-refractivity contribution in [3.63, 3.8) is 0 Å². The molecule has 1 fully saturated rings. The summed E-state index contributed by atoms with van der Waals surface area (Å²) in [5, 5.41) is 0. The molecule has 4 nitrogen and oxygen atoms in total. The lowest BCUT2D eigenvalue weighted by atomic mass is 10.3. The van der Waals surface area contributed by atoms with Gasteiger partial charge in [0.15, 0.2) is 0 Å². The maximum atomic E-state index is 13.2. The number of ether oxygens (including phenoxy) is 1. The molecule has 2 rings (SSSR count). The Kier molecular flexibility index (Phi) is 4.05. The molecule has 0 aromatic heterocycles. The second-order valence-corrected chi connectivity index (χ2v) is 6.83. The summed E-state index contributed by atoms with van der Waals surface area (Å²) in [5.41, 5.74) is 0. The van der Waals surface area contributed by atoms with E-state index in [-0.39, 0.29) is 17.5 Å². The molecule has 0 radical (unpaired) electrons. The predicted octanol–water partition coefficient (Wildman–Crippen LogP) is 2.00. The van der Waals surface area contributed by atoms with Gasteiger partial charge >= 0.3 is 0 Å². The third kappa shape index (κ3) is 2.59. The molecule has 1 aromatic carbocycles. The van der Waals surface area contributed by atoms with Gasteiger partial charge < -0.3 is 4.74 Å². The zero-order chi connectivity index (χ0) is 13.3. The summed E-state index contributed by atoms with van der Waals surface area (Å²) in [7, 11) is -3.70. The van der Waals surface area contributed by atoms with Gasteiger partial charge in [-0.05, 0) is 41.1 Å². The molecule has 0 amide bonds. The molecule has 1 aliphatic heterocycles. The van der Waals surface area contributed by atoms with E-state index >= 15 is 0 Å². The molecule has 1 aliphatic rings. The predicted molar refractivity (Wildman–Crippen MR) is 68.3 cm³/mol. The second-order valence-electron chi connectivity index (χ2n) is 4.11. The number of nitrogens with zero attached hydrogens (tertiary/aromatic N) is 1. The zero-order valence-corrected chi connectivity index (χ0v) is 12.2. The van der Waals surface area contributed by atoms with Crippen LogP contribution in [0.15, 0.2) is 27.6 Å². The Balaban J connectivity index is 2.44. The molecular weight excluding hydrogens is 325 g/mol. The van der Waals surface area contributed by atoms with Gasteiger partial charge in [-0.25, -0.2) is 12.8 Å². The highest BCUT2D eigenvalue weighted by Crippen LogP contribution is 2.27. The van der Waals surface area contributed by atoms with Gasteiger partial charge in [0.2, 0.25) is 10.0 Å². The highest BCUT2D eigenvalue weighted by atomic mass is 79.9. The van der Waals surface area contributed by atoms with Gasteiger partial charge in [0, 0.05) is 17.1 Å². The van der Waals surface area contributed by atoms with Gasteiger partial charge in [-0.3, -0.25) is 0 Å². The van der Waals surface area contributed by atoms with Crippen LogP contribution >= 0.6 is 15.9 Å². The van der Waals surface area contributed by atoms with Crippen LogP contribution in [0.4, 0.5) is 4.39 Å². The summed E-state index contributed by atoms with van der Waals surface area (Å²) < 4.78 is 45.0. The molecule has 0 saturated carbocycles. The fraction of sp³-hybridized carbons (Fsp3) is 0.455. The fourth-order valence-electron chi connectivity index (χ4n) is 1.87. The van der Waals surface area contributed by atoms with Crippen LogP contribution in [0.5, 0.6) is 0 Å². The zero-order valence-electron chi connectivity index (χ0n) is 9.77. The van der Waals surface area contributed by atoms with Crippen molar-refractivity contribution in [2.75, 3.05) is 19.8 Å². The van der Waals surface area contributed by atoms with Crippen molar-refractivity contribution in [2.45, 2.75) is 17.9 Å². The van der Waals surface area contributed by atoms with Gasteiger partial charge in [0.1, 0.15) is 5.82 Å². The van der Waals surface area contributed by atoms with E-state index in [0.29, 0.717) is 17.7 Å². The minimum Gasteiger partial charge on any atom is -0.378 e. The summed E-state index contributed by atoms with van der Waals surface area (Å²) in [4.78, 5) is -0.0451. The molecule has 100 valence electrons. The maximum absolute atomic E-state index is 13.2. The third-order valence-electron chi connectivity index (χ3n) is 2.79. The van der Waals surface area contributed by atoms with E-state index in [2.05, 4.69) is 15.9 Å². The minimum atomic E-state index is -3.70. The van der Waals surface area contributed by atoms with E-state index in [1.54, 1.807) is 6.92 Å². The van der Waals surface area contributed by atoms with Crippen LogP contribution in [0.2, 0.25) is 0 Å². The quantitative estimate of drug-likeness (QED) is 0.829. The molecule has 0 spiro atoms. The largest absolute Gasteiger partial charge is 0.378 e. The number of morpholine rings is 1. The SMILES string of the molecule is CC1COCCN1S(=O)(=O)c1cc(F)ccc1Br. The smallest absolute Gasteiger partial charge is 0.244 e. The summed E-state index contributed by atoms with van der Waals surface area (Å²) >= 11 is 3.15. The molecule has 7 heteroatoms. The first-order chi connectivity index (χ1) is 8.43. The number of sulfonamides is 1. The van der Waals surface area contributed by atoms with E-state index in [0.717, 1.165) is 6.07 Å². The van der Waals surface area contributed by atoms with Crippen molar-refractivity contribution in [3.05, 3.63) is 28.5 Å². The van der Waals surface area contributed by atoms with Crippen LogP contribution in [0.1, 0.15) is 6.92 Å². The first kappa shape index (κ1) is 13.9. The molecule has 18 heavy (non-hydrogen) atoms. The first-order valence-electron chi connectivity index (χ1n) is 5.47. The van der Waals surface area contributed by atoms with Gasteiger partial charge in [-0.15, -0.1) is 0 Å². The molecule has 1 heterocycles. The fourth-order valence-corrected chi connectivity index (χ4v) is 4.41. The van der Waals surface area contributed by atoms with E-state index in [4.69, 9.17) is 4.74 Å². The lowest BCUT2D eigenvalue weighted by molar-refractivity contribution is 0.0392. The number of rotatable bonds is 2. The Morgan fingerprint density at radius 3 is 2.89 bits per heavy atom. The van der Waals surface area contributed by atoms with Crippen LogP contribution < -0.4 is 0 Å². The van der Waals surface area contributed by atoms with Gasteiger partial charge in [0.05, 0.1) is 18.1 Å². The lowest BCUT2D eigenvalue weighted by Gasteiger charge is -2.32. The highest BCUT2D eigenvalue weighted by molar-refractivity contribution is 9.10. The average Bonchev–Trinajstić information content (AvgIpc) is 2.32. The summed E-state index contributed by atoms with van der Waals surface area (Å²) in [5.74, 6) is -0.572. The Morgan fingerprint density at radius 2 is 2.22 bits per heavy atom. The second kappa shape index (κ2) is 5.24. The Bertz CT molecular complexity index is 549. The average molecular weight is 338 g/mol. The summed E-state index contributed by atoms with van der Waals surface area (Å²) in [6, 6.07) is 3.39. The molecule has 1 saturated heterocycles. The van der Waals surface area contributed by atoms with Crippen molar-refractivity contribution < 1.29 is 17.5 Å². The van der Waals surface area contributed by atoms with Crippen LogP contribution in [0.3, 0.4) is 0 Å². The van der Waals surface area contributed by atoms with Crippen molar-refractivity contribution in [3.8, 4) is 0 Å². The Hall–Kier alpha value is -0.500. The molecular formula is C11H13BrFNO3S.